The summed E-state index contributed by atoms with van der Waals surface area (Å²) in [7, 11) is 0. The largest absolute Gasteiger partial charge is 0.480 e. The molecule has 0 aromatic heterocycles. The summed E-state index contributed by atoms with van der Waals surface area (Å²) in [6.07, 6.45) is 0.385. The number of hydrogen-bond donors (Lipinski definition) is 2. The van der Waals surface area contributed by atoms with Gasteiger partial charge in [0.05, 0.1) is 0 Å². The Morgan fingerprint density at radius 3 is 2.50 bits per heavy atom. The van der Waals surface area contributed by atoms with Gasteiger partial charge >= 0.3 is 5.97 Å². The average molecular weight is 166 g/mol. The van der Waals surface area contributed by atoms with Crippen molar-refractivity contribution in [3.05, 3.63) is 35.9 Å². The van der Waals surface area contributed by atoms with Crippen LogP contribution in [0, 0.1) is 0 Å². The topological polar surface area (TPSA) is 63.3 Å². The molecular weight excluding hydrogens is 155 g/mol. The van der Waals surface area contributed by atoms with E-state index in [1.54, 1.807) is 0 Å². The summed E-state index contributed by atoms with van der Waals surface area (Å²) in [6.45, 7) is 0. The quantitative estimate of drug-likeness (QED) is 0.648. The third kappa shape index (κ3) is 2.36. The van der Waals surface area contributed by atoms with Crippen LogP contribution in [0.25, 0.3) is 0 Å². The van der Waals surface area contributed by atoms with Crippen LogP contribution in [0.2, 0.25) is 0 Å². The minimum Gasteiger partial charge on any atom is -0.480 e. The van der Waals surface area contributed by atoms with Crippen molar-refractivity contribution >= 4 is 5.97 Å². The van der Waals surface area contributed by atoms with Gasteiger partial charge in [-0.05, 0) is 12.0 Å². The smallest absolute Gasteiger partial charge is 0.320 e. The molecule has 0 radical (unpaired) electrons. The predicted octanol–water partition coefficient (Wildman–Crippen LogP) is 0.641. The van der Waals surface area contributed by atoms with Gasteiger partial charge in [0.2, 0.25) is 0 Å². The average Bonchev–Trinajstić information content (AvgIpc) is 2.06. The fraction of sp³-hybridized carbons (Fsp3) is 0.222. The van der Waals surface area contributed by atoms with E-state index in [1.807, 2.05) is 30.3 Å². The van der Waals surface area contributed by atoms with Crippen molar-refractivity contribution in [2.45, 2.75) is 12.5 Å². The number of aliphatic carboxylic acids is 1. The summed E-state index contributed by atoms with van der Waals surface area (Å²) in [6, 6.07) is 8.54. The van der Waals surface area contributed by atoms with E-state index in [9.17, 15) is 4.79 Å². The molecule has 0 saturated heterocycles. The molecule has 0 aliphatic carbocycles. The fourth-order valence-corrected chi connectivity index (χ4v) is 0.955. The van der Waals surface area contributed by atoms with Gasteiger partial charge in [-0.2, -0.15) is 0 Å². The third-order valence-corrected chi connectivity index (χ3v) is 1.62. The lowest BCUT2D eigenvalue weighted by Gasteiger charge is -2.04. The molecule has 3 nitrogen and oxygen atoms in total. The van der Waals surface area contributed by atoms with Crippen LogP contribution < -0.4 is 5.73 Å². The van der Waals surface area contributed by atoms with Gasteiger partial charge in [-0.25, -0.2) is 0 Å². The molecule has 64 valence electrons. The van der Waals surface area contributed by atoms with Gasteiger partial charge in [-0.15, -0.1) is 0 Å². The molecule has 3 N–H and O–H groups in total. The minimum atomic E-state index is -0.959. The highest BCUT2D eigenvalue weighted by Gasteiger charge is 2.10. The standard InChI is InChI=1S/C9H11NO2/c10-8(9(11)12)6-7-4-2-1-3-5-7/h1-5,8H,6,10H2,(H,11,12)/i9+1. The lowest BCUT2D eigenvalue weighted by atomic mass is 10.1. The van der Waals surface area contributed by atoms with Crippen molar-refractivity contribution in [1.29, 1.82) is 0 Å². The molecule has 0 heterocycles. The molecule has 1 aromatic carbocycles. The zero-order valence-corrected chi connectivity index (χ0v) is 6.60. The van der Waals surface area contributed by atoms with Crippen LogP contribution in [0.1, 0.15) is 5.56 Å². The van der Waals surface area contributed by atoms with Crippen LogP contribution in [-0.2, 0) is 11.2 Å². The van der Waals surface area contributed by atoms with E-state index < -0.39 is 12.0 Å². The summed E-state index contributed by atoms with van der Waals surface area (Å²) in [5.74, 6) is -0.959. The van der Waals surface area contributed by atoms with Crippen molar-refractivity contribution in [3.63, 3.8) is 0 Å². The molecule has 1 atom stereocenters. The van der Waals surface area contributed by atoms with Crippen LogP contribution in [0.4, 0.5) is 0 Å². The van der Waals surface area contributed by atoms with E-state index in [1.165, 1.54) is 0 Å². The molecule has 0 fully saturated rings. The van der Waals surface area contributed by atoms with E-state index in [0.717, 1.165) is 5.56 Å². The second-order valence-corrected chi connectivity index (χ2v) is 2.63. The van der Waals surface area contributed by atoms with Gasteiger partial charge in [-0.3, -0.25) is 4.79 Å². The summed E-state index contributed by atoms with van der Waals surface area (Å²) in [5, 5.41) is 8.52. The maximum Gasteiger partial charge on any atom is 0.320 e. The molecule has 1 aromatic rings. The normalized spacial score (nSPS) is 12.4. The Labute approximate surface area is 70.8 Å². The first-order valence-corrected chi connectivity index (χ1v) is 3.72. The highest BCUT2D eigenvalue weighted by molar-refractivity contribution is 5.73. The van der Waals surface area contributed by atoms with E-state index in [2.05, 4.69) is 0 Å². The van der Waals surface area contributed by atoms with Crippen molar-refractivity contribution in [1.82, 2.24) is 0 Å². The van der Waals surface area contributed by atoms with Gasteiger partial charge in [0.1, 0.15) is 6.04 Å². The third-order valence-electron chi connectivity index (χ3n) is 1.62. The Morgan fingerprint density at radius 1 is 1.42 bits per heavy atom. The summed E-state index contributed by atoms with van der Waals surface area (Å²) in [4.78, 5) is 10.4. The SMILES string of the molecule is NC(Cc1ccccc1)[13C](=O)O. The van der Waals surface area contributed by atoms with Gasteiger partial charge < -0.3 is 10.8 Å². The summed E-state index contributed by atoms with van der Waals surface area (Å²) < 4.78 is 0. The van der Waals surface area contributed by atoms with Gasteiger partial charge in [0.15, 0.2) is 0 Å². The molecule has 1 rings (SSSR count). The second-order valence-electron chi connectivity index (χ2n) is 2.63. The molecule has 0 bridgehead atoms. The van der Waals surface area contributed by atoms with Crippen LogP contribution >= 0.6 is 0 Å². The first-order valence-electron chi connectivity index (χ1n) is 3.72. The zero-order chi connectivity index (χ0) is 8.97. The van der Waals surface area contributed by atoms with Gasteiger partial charge in [-0.1, -0.05) is 30.3 Å². The maximum atomic E-state index is 10.4. The molecule has 3 heteroatoms. The number of carbonyl (C=O) groups is 1. The number of carboxylic acids is 1. The minimum absolute atomic E-state index is 0.385. The molecule has 12 heavy (non-hydrogen) atoms. The van der Waals surface area contributed by atoms with Crippen LogP contribution in [0.15, 0.2) is 30.3 Å². The Bertz CT molecular complexity index is 258. The Hall–Kier alpha value is -1.35. The maximum absolute atomic E-state index is 10.4. The van der Waals surface area contributed by atoms with E-state index in [4.69, 9.17) is 10.8 Å². The first kappa shape index (κ1) is 8.74. The Morgan fingerprint density at radius 2 is 2.00 bits per heavy atom. The van der Waals surface area contributed by atoms with E-state index in [0.29, 0.717) is 6.42 Å². The summed E-state index contributed by atoms with van der Waals surface area (Å²) in [5.41, 5.74) is 6.30. The number of rotatable bonds is 3. The van der Waals surface area contributed by atoms with Crippen molar-refractivity contribution in [2.24, 2.45) is 5.73 Å². The van der Waals surface area contributed by atoms with Crippen LogP contribution in [0.3, 0.4) is 0 Å². The van der Waals surface area contributed by atoms with Crippen LogP contribution in [-0.4, -0.2) is 17.1 Å². The monoisotopic (exact) mass is 166 g/mol. The van der Waals surface area contributed by atoms with Crippen molar-refractivity contribution in [2.75, 3.05) is 0 Å². The molecule has 0 amide bonds. The van der Waals surface area contributed by atoms with E-state index in [-0.39, 0.29) is 0 Å². The van der Waals surface area contributed by atoms with Crippen LogP contribution in [0.5, 0.6) is 0 Å². The van der Waals surface area contributed by atoms with Crippen molar-refractivity contribution in [3.8, 4) is 0 Å². The zero-order valence-electron chi connectivity index (χ0n) is 6.60. The summed E-state index contributed by atoms with van der Waals surface area (Å²) >= 11 is 0. The molecular formula is C9H11NO2. The highest BCUT2D eigenvalue weighted by Crippen LogP contribution is 2.01. The fourth-order valence-electron chi connectivity index (χ4n) is 0.955. The molecule has 1 unspecified atom stereocenters. The number of carboxylic acid groups (broad SMARTS) is 1. The van der Waals surface area contributed by atoms with Crippen molar-refractivity contribution < 1.29 is 9.90 Å². The molecule has 0 aliphatic heterocycles. The lowest BCUT2D eigenvalue weighted by Crippen LogP contribution is -2.32. The predicted molar refractivity (Wildman–Crippen MR) is 45.8 cm³/mol. The van der Waals surface area contributed by atoms with Gasteiger partial charge in [0.25, 0.3) is 0 Å². The molecule has 0 spiro atoms. The Kier molecular flexibility index (Phi) is 2.82. The number of benzene rings is 1. The lowest BCUT2D eigenvalue weighted by molar-refractivity contribution is -0.138. The number of nitrogens with two attached hydrogens (primary N) is 1. The van der Waals surface area contributed by atoms with Gasteiger partial charge in [0, 0.05) is 0 Å². The highest BCUT2D eigenvalue weighted by atomic mass is 16.5. The molecule has 0 aliphatic rings. The molecule has 0 saturated carbocycles. The first-order chi connectivity index (χ1) is 5.70. The number of hydrogen-bond acceptors (Lipinski definition) is 2. The second kappa shape index (κ2) is 3.88. The van der Waals surface area contributed by atoms with E-state index >= 15 is 0 Å². The Balaban J connectivity index is 2.58.